The second-order valence-electron chi connectivity index (χ2n) is 6.43. The van der Waals surface area contributed by atoms with Crippen LogP contribution in [0, 0.1) is 25.5 Å². The number of aryl methyl sites for hydroxylation is 2. The van der Waals surface area contributed by atoms with Gasteiger partial charge in [-0.25, -0.2) is 13.8 Å². The lowest BCUT2D eigenvalue weighted by Crippen LogP contribution is -2.13. The number of carbonyl (C=O) groups is 1. The molecule has 4 aromatic rings. The van der Waals surface area contributed by atoms with Gasteiger partial charge in [-0.3, -0.25) is 4.79 Å². The van der Waals surface area contributed by atoms with Crippen LogP contribution < -0.4 is 5.32 Å². The molecule has 7 heteroatoms. The first-order valence-electron chi connectivity index (χ1n) is 8.53. The third kappa shape index (κ3) is 3.22. The molecule has 0 aliphatic heterocycles. The van der Waals surface area contributed by atoms with E-state index >= 15 is 0 Å². The zero-order valence-corrected chi connectivity index (χ0v) is 15.1. The van der Waals surface area contributed by atoms with E-state index in [1.54, 1.807) is 44.2 Å². The molecule has 0 saturated carbocycles. The Kier molecular flexibility index (Phi) is 4.35. The Morgan fingerprint density at radius 1 is 1.04 bits per heavy atom. The molecule has 5 nitrogen and oxygen atoms in total. The van der Waals surface area contributed by atoms with E-state index in [4.69, 9.17) is 4.52 Å². The first kappa shape index (κ1) is 17.8. The fourth-order valence-corrected chi connectivity index (χ4v) is 2.91. The number of carbonyl (C=O) groups excluding carboxylic acids is 1. The monoisotopic (exact) mass is 379 g/mol. The molecule has 0 fully saturated rings. The molecule has 0 saturated heterocycles. The average molecular weight is 379 g/mol. The fraction of sp³-hybridized carbons (Fsp3) is 0.0952. The van der Waals surface area contributed by atoms with Crippen LogP contribution in [0.5, 0.6) is 0 Å². The second kappa shape index (κ2) is 6.84. The minimum Gasteiger partial charge on any atom is -0.335 e. The van der Waals surface area contributed by atoms with Crippen molar-refractivity contribution in [2.75, 3.05) is 5.32 Å². The summed E-state index contributed by atoms with van der Waals surface area (Å²) >= 11 is 0. The molecule has 0 aliphatic rings. The number of benzene rings is 2. The highest BCUT2D eigenvalue weighted by atomic mass is 19.1. The van der Waals surface area contributed by atoms with E-state index in [1.807, 2.05) is 0 Å². The highest BCUT2D eigenvalue weighted by Gasteiger charge is 2.20. The van der Waals surface area contributed by atoms with Gasteiger partial charge in [0.2, 0.25) is 0 Å². The minimum atomic E-state index is -0.453. The molecule has 1 N–H and O–H groups in total. The summed E-state index contributed by atoms with van der Waals surface area (Å²) in [5, 5.41) is 7.04. The number of amides is 1. The molecule has 0 aliphatic carbocycles. The molecular weight excluding hydrogens is 364 g/mol. The first-order chi connectivity index (χ1) is 13.4. The Balaban J connectivity index is 1.79. The van der Waals surface area contributed by atoms with E-state index in [0.29, 0.717) is 33.6 Å². The summed E-state index contributed by atoms with van der Waals surface area (Å²) in [7, 11) is 0. The lowest BCUT2D eigenvalue weighted by molar-refractivity contribution is 0.102. The normalized spacial score (nSPS) is 11.0. The van der Waals surface area contributed by atoms with Crippen molar-refractivity contribution in [2.24, 2.45) is 0 Å². The SMILES string of the molecule is Cc1ccc(NC(=O)c2cc(-c3ccc(F)cc3)nc3onc(C)c23)cc1F. The predicted molar refractivity (Wildman–Crippen MR) is 101 cm³/mol. The summed E-state index contributed by atoms with van der Waals surface area (Å²) in [6.45, 7) is 3.34. The standard InChI is InChI=1S/C21H15F2N3O2/c1-11-3-8-15(9-17(11)23)24-20(27)16-10-18(13-4-6-14(22)7-5-13)25-21-19(16)12(2)26-28-21/h3-10H,1-2H3,(H,24,27). The minimum absolute atomic E-state index is 0.194. The second-order valence-corrected chi connectivity index (χ2v) is 6.43. The molecule has 0 spiro atoms. The molecular formula is C21H15F2N3O2. The van der Waals surface area contributed by atoms with E-state index < -0.39 is 11.7 Å². The van der Waals surface area contributed by atoms with Gasteiger partial charge < -0.3 is 9.84 Å². The van der Waals surface area contributed by atoms with Crippen molar-refractivity contribution >= 4 is 22.7 Å². The van der Waals surface area contributed by atoms with E-state index in [1.165, 1.54) is 18.2 Å². The van der Waals surface area contributed by atoms with Crippen molar-refractivity contribution in [3.8, 4) is 11.3 Å². The van der Waals surface area contributed by atoms with Crippen LogP contribution >= 0.6 is 0 Å². The smallest absolute Gasteiger partial charge is 0.259 e. The van der Waals surface area contributed by atoms with Gasteiger partial charge in [-0.05, 0) is 61.9 Å². The molecule has 4 rings (SSSR count). The van der Waals surface area contributed by atoms with Gasteiger partial charge in [0.15, 0.2) is 0 Å². The summed E-state index contributed by atoms with van der Waals surface area (Å²) in [5.74, 6) is -1.24. The number of halogens is 2. The Morgan fingerprint density at radius 2 is 1.79 bits per heavy atom. The zero-order valence-electron chi connectivity index (χ0n) is 15.1. The van der Waals surface area contributed by atoms with Crippen LogP contribution in [0.2, 0.25) is 0 Å². The largest absolute Gasteiger partial charge is 0.335 e. The Bertz CT molecular complexity index is 1200. The third-order valence-electron chi connectivity index (χ3n) is 4.43. The van der Waals surface area contributed by atoms with Crippen molar-refractivity contribution in [1.29, 1.82) is 0 Å². The molecule has 2 aromatic carbocycles. The highest BCUT2D eigenvalue weighted by molar-refractivity contribution is 6.13. The van der Waals surface area contributed by atoms with E-state index in [2.05, 4.69) is 15.5 Å². The zero-order chi connectivity index (χ0) is 19.8. The van der Waals surface area contributed by atoms with Crippen LogP contribution in [0.1, 0.15) is 21.6 Å². The molecule has 0 unspecified atom stereocenters. The lowest BCUT2D eigenvalue weighted by atomic mass is 10.0. The third-order valence-corrected chi connectivity index (χ3v) is 4.43. The summed E-state index contributed by atoms with van der Waals surface area (Å²) in [4.78, 5) is 17.3. The van der Waals surface area contributed by atoms with Gasteiger partial charge in [0.05, 0.1) is 22.3 Å². The molecule has 0 bridgehead atoms. The van der Waals surface area contributed by atoms with Crippen molar-refractivity contribution in [3.63, 3.8) is 0 Å². The molecule has 28 heavy (non-hydrogen) atoms. The predicted octanol–water partition coefficient (Wildman–Crippen LogP) is 5.04. The van der Waals surface area contributed by atoms with Crippen LogP contribution in [0.15, 0.2) is 53.1 Å². The molecule has 1 amide bonds. The number of fused-ring (bicyclic) bond motifs is 1. The number of nitrogens with zero attached hydrogens (tertiary/aromatic N) is 2. The van der Waals surface area contributed by atoms with Gasteiger partial charge in [0, 0.05) is 11.3 Å². The van der Waals surface area contributed by atoms with Gasteiger partial charge in [0.25, 0.3) is 11.6 Å². The maximum Gasteiger partial charge on any atom is 0.259 e. The van der Waals surface area contributed by atoms with Crippen molar-refractivity contribution in [1.82, 2.24) is 10.1 Å². The topological polar surface area (TPSA) is 68.0 Å². The summed E-state index contributed by atoms with van der Waals surface area (Å²) < 4.78 is 32.3. The molecule has 0 radical (unpaired) electrons. The summed E-state index contributed by atoms with van der Waals surface area (Å²) in [5.41, 5.74) is 2.85. The number of aromatic nitrogens is 2. The Hall–Kier alpha value is -3.61. The Labute approximate surface area is 159 Å². The van der Waals surface area contributed by atoms with Crippen molar-refractivity contribution in [3.05, 3.63) is 77.0 Å². The molecule has 140 valence electrons. The average Bonchev–Trinajstić information content (AvgIpc) is 3.05. The number of pyridine rings is 1. The highest BCUT2D eigenvalue weighted by Crippen LogP contribution is 2.28. The molecule has 0 atom stereocenters. The number of nitrogens with one attached hydrogen (secondary N) is 1. The van der Waals surface area contributed by atoms with Gasteiger partial charge >= 0.3 is 0 Å². The molecule has 2 aromatic heterocycles. The van der Waals surface area contributed by atoms with Gasteiger partial charge in [0.1, 0.15) is 11.6 Å². The lowest BCUT2D eigenvalue weighted by Gasteiger charge is -2.09. The number of hydrogen-bond donors (Lipinski definition) is 1. The summed E-state index contributed by atoms with van der Waals surface area (Å²) in [6.07, 6.45) is 0. The van der Waals surface area contributed by atoms with E-state index in [-0.39, 0.29) is 17.1 Å². The van der Waals surface area contributed by atoms with E-state index in [9.17, 15) is 13.6 Å². The van der Waals surface area contributed by atoms with E-state index in [0.717, 1.165) is 0 Å². The summed E-state index contributed by atoms with van der Waals surface area (Å²) in [6, 6.07) is 11.8. The first-order valence-corrected chi connectivity index (χ1v) is 8.53. The number of anilines is 1. The van der Waals surface area contributed by atoms with Crippen LogP contribution in [0.4, 0.5) is 14.5 Å². The van der Waals surface area contributed by atoms with Gasteiger partial charge in [-0.2, -0.15) is 0 Å². The van der Waals surface area contributed by atoms with Crippen LogP contribution in [-0.2, 0) is 0 Å². The van der Waals surface area contributed by atoms with Crippen LogP contribution in [-0.4, -0.2) is 16.0 Å². The molecule has 2 heterocycles. The van der Waals surface area contributed by atoms with Crippen molar-refractivity contribution < 1.29 is 18.1 Å². The quantitative estimate of drug-likeness (QED) is 0.542. The maximum absolute atomic E-state index is 13.8. The fourth-order valence-electron chi connectivity index (χ4n) is 2.91. The number of hydrogen-bond acceptors (Lipinski definition) is 4. The van der Waals surface area contributed by atoms with Crippen molar-refractivity contribution in [2.45, 2.75) is 13.8 Å². The van der Waals surface area contributed by atoms with Crippen LogP contribution in [0.3, 0.4) is 0 Å². The Morgan fingerprint density at radius 3 is 2.50 bits per heavy atom. The van der Waals surface area contributed by atoms with Crippen LogP contribution in [0.25, 0.3) is 22.4 Å². The van der Waals surface area contributed by atoms with Gasteiger partial charge in [-0.1, -0.05) is 11.2 Å². The van der Waals surface area contributed by atoms with Gasteiger partial charge in [-0.15, -0.1) is 0 Å². The number of rotatable bonds is 3. The maximum atomic E-state index is 13.8.